The average molecular weight is 409 g/mol. The van der Waals surface area contributed by atoms with Crippen molar-refractivity contribution >= 4 is 17.4 Å². The summed E-state index contributed by atoms with van der Waals surface area (Å²) in [5.41, 5.74) is 3.62. The van der Waals surface area contributed by atoms with Crippen LogP contribution in [0.15, 0.2) is 30.6 Å². The third-order valence-electron chi connectivity index (χ3n) is 5.44. The molecule has 0 aliphatic carbocycles. The van der Waals surface area contributed by atoms with E-state index in [9.17, 15) is 4.79 Å². The summed E-state index contributed by atoms with van der Waals surface area (Å²) in [5.74, 6) is 1.31. The van der Waals surface area contributed by atoms with Crippen molar-refractivity contribution in [2.24, 2.45) is 0 Å². The number of rotatable bonds is 7. The summed E-state index contributed by atoms with van der Waals surface area (Å²) in [6.07, 6.45) is 6.00. The molecule has 0 radical (unpaired) electrons. The molecule has 8 heteroatoms. The second kappa shape index (κ2) is 9.21. The predicted molar refractivity (Wildman–Crippen MR) is 113 cm³/mol. The maximum absolute atomic E-state index is 12.4. The minimum absolute atomic E-state index is 0.0447. The van der Waals surface area contributed by atoms with E-state index in [2.05, 4.69) is 20.4 Å². The van der Waals surface area contributed by atoms with Crippen molar-refractivity contribution in [1.29, 1.82) is 0 Å². The number of hydrogen-bond acceptors (Lipinski definition) is 6. The molecule has 0 bridgehead atoms. The Morgan fingerprint density at radius 3 is 2.87 bits per heavy atom. The Balaban J connectivity index is 1.29. The largest absolute Gasteiger partial charge is 0.491 e. The van der Waals surface area contributed by atoms with E-state index < -0.39 is 0 Å². The number of fused-ring (bicyclic) bond motifs is 1. The lowest BCUT2D eigenvalue weighted by molar-refractivity contribution is -0.116. The van der Waals surface area contributed by atoms with Crippen molar-refractivity contribution in [3.63, 3.8) is 0 Å². The highest BCUT2D eigenvalue weighted by Gasteiger charge is 2.15. The van der Waals surface area contributed by atoms with Gasteiger partial charge in [0.25, 0.3) is 5.78 Å². The molecule has 1 aromatic carbocycles. The fraction of sp³-hybridized carbons (Fsp3) is 0.455. The summed E-state index contributed by atoms with van der Waals surface area (Å²) in [4.78, 5) is 21.0. The zero-order valence-corrected chi connectivity index (χ0v) is 17.4. The van der Waals surface area contributed by atoms with E-state index in [-0.39, 0.29) is 12.0 Å². The molecular formula is C22H27N5O3. The zero-order chi connectivity index (χ0) is 20.9. The number of amides is 1. The molecule has 1 aliphatic rings. The number of hydrogen-bond donors (Lipinski definition) is 1. The van der Waals surface area contributed by atoms with Gasteiger partial charge in [0, 0.05) is 30.1 Å². The van der Waals surface area contributed by atoms with Gasteiger partial charge in [-0.2, -0.15) is 10.1 Å². The number of anilines is 1. The highest BCUT2D eigenvalue weighted by Crippen LogP contribution is 2.19. The third kappa shape index (κ3) is 4.76. The molecule has 30 heavy (non-hydrogen) atoms. The number of aryl methyl sites for hydroxylation is 2. The van der Waals surface area contributed by atoms with Crippen LogP contribution in [-0.2, 0) is 16.0 Å². The molecule has 158 valence electrons. The molecule has 1 fully saturated rings. The lowest BCUT2D eigenvalue weighted by Crippen LogP contribution is -2.25. The lowest BCUT2D eigenvalue weighted by Gasteiger charge is -2.22. The maximum atomic E-state index is 12.4. The van der Waals surface area contributed by atoms with E-state index in [0.29, 0.717) is 25.2 Å². The fourth-order valence-corrected chi connectivity index (χ4v) is 3.74. The van der Waals surface area contributed by atoms with Crippen LogP contribution in [0.2, 0.25) is 0 Å². The molecule has 0 saturated carbocycles. The average Bonchev–Trinajstić information content (AvgIpc) is 3.22. The van der Waals surface area contributed by atoms with Gasteiger partial charge in [-0.25, -0.2) is 9.50 Å². The molecule has 0 spiro atoms. The molecule has 4 rings (SSSR count). The molecule has 2 aromatic heterocycles. The molecule has 1 aliphatic heterocycles. The Hall–Kier alpha value is -3.00. The van der Waals surface area contributed by atoms with E-state index in [1.165, 1.54) is 12.7 Å². The molecule has 3 aromatic rings. The summed E-state index contributed by atoms with van der Waals surface area (Å²) in [6.45, 7) is 5.29. The van der Waals surface area contributed by atoms with Crippen molar-refractivity contribution in [2.75, 3.05) is 18.5 Å². The van der Waals surface area contributed by atoms with Crippen LogP contribution in [0.4, 0.5) is 5.69 Å². The van der Waals surface area contributed by atoms with Gasteiger partial charge in [-0.05, 0) is 69.4 Å². The number of nitrogens with zero attached hydrogens (tertiary/aromatic N) is 4. The zero-order valence-electron chi connectivity index (χ0n) is 17.4. The Labute approximate surface area is 175 Å². The van der Waals surface area contributed by atoms with Crippen LogP contribution >= 0.6 is 0 Å². The van der Waals surface area contributed by atoms with Crippen LogP contribution < -0.4 is 10.1 Å². The molecule has 1 saturated heterocycles. The van der Waals surface area contributed by atoms with Gasteiger partial charge < -0.3 is 14.8 Å². The van der Waals surface area contributed by atoms with Crippen LogP contribution in [0, 0.1) is 13.8 Å². The number of nitrogens with one attached hydrogen (secondary N) is 1. The second-order valence-corrected chi connectivity index (χ2v) is 7.61. The molecule has 1 atom stereocenters. The van der Waals surface area contributed by atoms with Crippen LogP contribution in [0.3, 0.4) is 0 Å². The van der Waals surface area contributed by atoms with E-state index in [4.69, 9.17) is 9.47 Å². The topological polar surface area (TPSA) is 90.6 Å². The Kier molecular flexibility index (Phi) is 6.23. The molecular weight excluding hydrogens is 382 g/mol. The van der Waals surface area contributed by atoms with Crippen molar-refractivity contribution in [3.05, 3.63) is 47.5 Å². The number of ether oxygens (including phenoxy) is 2. The van der Waals surface area contributed by atoms with Crippen LogP contribution in [0.1, 0.15) is 42.6 Å². The summed E-state index contributed by atoms with van der Waals surface area (Å²) in [7, 11) is 0. The molecule has 1 amide bonds. The summed E-state index contributed by atoms with van der Waals surface area (Å²) >= 11 is 0. The summed E-state index contributed by atoms with van der Waals surface area (Å²) in [6, 6.07) is 7.45. The highest BCUT2D eigenvalue weighted by molar-refractivity contribution is 5.90. The quantitative estimate of drug-likeness (QED) is 0.644. The van der Waals surface area contributed by atoms with Crippen LogP contribution in [0.5, 0.6) is 5.75 Å². The van der Waals surface area contributed by atoms with Gasteiger partial charge in [0.15, 0.2) is 0 Å². The molecule has 3 heterocycles. The van der Waals surface area contributed by atoms with Crippen LogP contribution in [0.25, 0.3) is 5.78 Å². The van der Waals surface area contributed by atoms with Crippen LogP contribution in [-0.4, -0.2) is 44.8 Å². The van der Waals surface area contributed by atoms with Crippen molar-refractivity contribution in [1.82, 2.24) is 19.6 Å². The first-order valence-corrected chi connectivity index (χ1v) is 10.4. The van der Waals surface area contributed by atoms with Gasteiger partial charge in [0.2, 0.25) is 5.91 Å². The standard InChI is InChI=1S/C22H27N5O3/c1-15-20(16(2)27-22(25-15)23-14-24-27)10-11-21(28)26-17-6-8-18(9-7-17)30-13-19-5-3-4-12-29-19/h6-9,14,19H,3-5,10-13H2,1-2H3,(H,26,28). The number of aromatic nitrogens is 4. The number of benzene rings is 1. The molecule has 1 N–H and O–H groups in total. The van der Waals surface area contributed by atoms with Crippen molar-refractivity contribution in [3.8, 4) is 5.75 Å². The van der Waals surface area contributed by atoms with Gasteiger partial charge in [0.05, 0.1) is 6.10 Å². The van der Waals surface area contributed by atoms with Gasteiger partial charge >= 0.3 is 0 Å². The smallest absolute Gasteiger partial charge is 0.252 e. The molecule has 1 unspecified atom stereocenters. The van der Waals surface area contributed by atoms with Crippen molar-refractivity contribution < 1.29 is 14.3 Å². The first-order valence-electron chi connectivity index (χ1n) is 10.4. The lowest BCUT2D eigenvalue weighted by atomic mass is 10.1. The van der Waals surface area contributed by atoms with Gasteiger partial charge in [-0.3, -0.25) is 4.79 Å². The maximum Gasteiger partial charge on any atom is 0.252 e. The third-order valence-corrected chi connectivity index (χ3v) is 5.44. The van der Waals surface area contributed by atoms with E-state index in [1.807, 2.05) is 38.1 Å². The predicted octanol–water partition coefficient (Wildman–Crippen LogP) is 3.26. The second-order valence-electron chi connectivity index (χ2n) is 7.61. The van der Waals surface area contributed by atoms with E-state index in [0.717, 1.165) is 47.8 Å². The Morgan fingerprint density at radius 2 is 2.10 bits per heavy atom. The molecule has 8 nitrogen and oxygen atoms in total. The number of carbonyl (C=O) groups excluding carboxylic acids is 1. The van der Waals surface area contributed by atoms with E-state index >= 15 is 0 Å². The fourth-order valence-electron chi connectivity index (χ4n) is 3.74. The first kappa shape index (κ1) is 20.3. The van der Waals surface area contributed by atoms with E-state index in [1.54, 1.807) is 4.52 Å². The summed E-state index contributed by atoms with van der Waals surface area (Å²) in [5, 5.41) is 7.13. The summed E-state index contributed by atoms with van der Waals surface area (Å²) < 4.78 is 13.2. The Morgan fingerprint density at radius 1 is 1.27 bits per heavy atom. The van der Waals surface area contributed by atoms with Gasteiger partial charge in [-0.1, -0.05) is 0 Å². The Bertz CT molecular complexity index is 1010. The minimum atomic E-state index is -0.0447. The highest BCUT2D eigenvalue weighted by atomic mass is 16.5. The van der Waals surface area contributed by atoms with Gasteiger partial charge in [-0.15, -0.1) is 0 Å². The first-order chi connectivity index (χ1) is 14.6. The van der Waals surface area contributed by atoms with Gasteiger partial charge in [0.1, 0.15) is 18.7 Å². The normalized spacial score (nSPS) is 16.5. The SMILES string of the molecule is Cc1nc2ncnn2c(C)c1CCC(=O)Nc1ccc(OCC2CCCCO2)cc1. The number of carbonyl (C=O) groups is 1. The van der Waals surface area contributed by atoms with Crippen molar-refractivity contribution in [2.45, 2.75) is 52.1 Å². The minimum Gasteiger partial charge on any atom is -0.491 e. The monoisotopic (exact) mass is 409 g/mol.